The lowest BCUT2D eigenvalue weighted by molar-refractivity contribution is -0.683. The number of likely N-dealkylation sites (tertiary alicyclic amines) is 1. The van der Waals surface area contributed by atoms with Crippen molar-refractivity contribution < 1.29 is 48.2 Å². The normalized spacial score (nSPS) is 22.4. The minimum absolute atomic E-state index is 0.0198. The van der Waals surface area contributed by atoms with Crippen LogP contribution in [-0.2, 0) is 50.2 Å². The zero-order valence-electron chi connectivity index (χ0n) is 29.7. The van der Waals surface area contributed by atoms with Gasteiger partial charge in [-0.15, -0.1) is 11.8 Å². The van der Waals surface area contributed by atoms with Gasteiger partial charge in [0.1, 0.15) is 44.4 Å². The number of ketones is 1. The van der Waals surface area contributed by atoms with Gasteiger partial charge in [0.2, 0.25) is 12.2 Å². The van der Waals surface area contributed by atoms with Gasteiger partial charge in [-0.2, -0.15) is 0 Å². The number of fused-ring (bicyclic) bond motifs is 1. The number of rotatable bonds is 14. The summed E-state index contributed by atoms with van der Waals surface area (Å²) in [6.45, 7) is 5.38. The summed E-state index contributed by atoms with van der Waals surface area (Å²) in [6.07, 6.45) is 4.26. The first kappa shape index (κ1) is 38.1. The van der Waals surface area contributed by atoms with Crippen LogP contribution in [0.25, 0.3) is 0 Å². The van der Waals surface area contributed by atoms with E-state index in [1.807, 2.05) is 11.5 Å². The van der Waals surface area contributed by atoms with Crippen LogP contribution in [0.3, 0.4) is 0 Å². The maximum atomic E-state index is 13.8. The molecule has 1 aromatic heterocycles. The number of aromatic nitrogens is 2. The van der Waals surface area contributed by atoms with Crippen LogP contribution in [0.4, 0.5) is 16.2 Å². The summed E-state index contributed by atoms with van der Waals surface area (Å²) in [6, 6.07) is 10.4. The summed E-state index contributed by atoms with van der Waals surface area (Å²) >= 11 is 1.37. The second-order valence-corrected chi connectivity index (χ2v) is 15.1. The molecule has 0 spiro atoms. The van der Waals surface area contributed by atoms with Crippen molar-refractivity contribution in [3.63, 3.8) is 0 Å². The Kier molecular flexibility index (Phi) is 11.1. The van der Waals surface area contributed by atoms with Crippen molar-refractivity contribution in [2.75, 3.05) is 6.54 Å². The predicted molar refractivity (Wildman–Crippen MR) is 190 cm³/mol. The standard InChI is InChI=1S/C36H39N6O11S/c1-21(43)15-37-12-13-38(20-37)16-28-14-29(17-39(28)36(47)53-19-25-6-10-27(11-7-25)42(50)51)54-33-22(2)31-30(23(3)44)34(45)40(31)32(33)35(46)52-18-24-4-8-26(9-5-24)41(48)49/h4-13,20,22-23,28-31,44H,14-19H2,1-3H3/q+1/t22-,23-,28+,29+,30-,31-/m1/s1. The smallest absolute Gasteiger partial charge is 0.410 e. The summed E-state index contributed by atoms with van der Waals surface area (Å²) in [5.74, 6) is -2.22. The molecule has 3 aromatic rings. The van der Waals surface area contributed by atoms with Crippen LogP contribution < -0.4 is 4.57 Å². The molecule has 3 aliphatic rings. The number of carbonyl (C=O) groups is 4. The highest BCUT2D eigenvalue weighted by atomic mass is 32.2. The third-order valence-corrected chi connectivity index (χ3v) is 11.3. The number of hydrogen-bond acceptors (Lipinski definition) is 12. The Morgan fingerprint density at radius 3 is 2.15 bits per heavy atom. The number of ether oxygens (including phenoxy) is 2. The van der Waals surface area contributed by atoms with E-state index in [-0.39, 0.29) is 66.4 Å². The number of Topliss-reactive ketones (excluding diaryl/α,β-unsaturated/α-hetero) is 1. The first-order chi connectivity index (χ1) is 25.7. The largest absolute Gasteiger partial charge is 0.456 e. The third kappa shape index (κ3) is 7.98. The Morgan fingerprint density at radius 1 is 1.00 bits per heavy atom. The van der Waals surface area contributed by atoms with Gasteiger partial charge < -0.3 is 24.4 Å². The van der Waals surface area contributed by atoms with Crippen molar-refractivity contribution in [2.24, 2.45) is 11.8 Å². The quantitative estimate of drug-likeness (QED) is 0.0823. The molecule has 17 nitrogen and oxygen atoms in total. The number of hydrogen-bond donors (Lipinski definition) is 1. The molecular weight excluding hydrogens is 724 g/mol. The monoisotopic (exact) mass is 763 g/mol. The zero-order valence-corrected chi connectivity index (χ0v) is 30.5. The number of nitrogens with zero attached hydrogens (tertiary/aromatic N) is 6. The highest BCUT2D eigenvalue weighted by Crippen LogP contribution is 2.52. The molecule has 0 saturated carbocycles. The molecular formula is C36H39N6O11S+. The van der Waals surface area contributed by atoms with Crippen molar-refractivity contribution in [2.45, 2.75) is 76.9 Å². The number of amides is 2. The van der Waals surface area contributed by atoms with Crippen LogP contribution in [0.5, 0.6) is 0 Å². The lowest BCUT2D eigenvalue weighted by atomic mass is 9.79. The van der Waals surface area contributed by atoms with Gasteiger partial charge in [-0.25, -0.2) is 18.7 Å². The van der Waals surface area contributed by atoms with Crippen LogP contribution in [0, 0.1) is 32.1 Å². The fourth-order valence-corrected chi connectivity index (χ4v) is 8.78. The van der Waals surface area contributed by atoms with Crippen LogP contribution in [0.2, 0.25) is 0 Å². The van der Waals surface area contributed by atoms with Crippen molar-refractivity contribution in [3.05, 3.63) is 109 Å². The molecule has 0 radical (unpaired) electrons. The molecule has 6 atom stereocenters. The lowest BCUT2D eigenvalue weighted by Crippen LogP contribution is -2.63. The van der Waals surface area contributed by atoms with Crippen LogP contribution in [0.15, 0.2) is 77.9 Å². The highest BCUT2D eigenvalue weighted by Gasteiger charge is 2.60. The van der Waals surface area contributed by atoms with Gasteiger partial charge in [-0.05, 0) is 55.7 Å². The molecule has 284 valence electrons. The zero-order chi connectivity index (χ0) is 38.8. The molecule has 1 N–H and O–H groups in total. The summed E-state index contributed by atoms with van der Waals surface area (Å²) in [4.78, 5) is 77.1. The molecule has 2 aromatic carbocycles. The van der Waals surface area contributed by atoms with E-state index >= 15 is 0 Å². The van der Waals surface area contributed by atoms with Crippen molar-refractivity contribution in [3.8, 4) is 0 Å². The van der Waals surface area contributed by atoms with Gasteiger partial charge in [0, 0.05) is 46.9 Å². The Bertz CT molecular complexity index is 2000. The predicted octanol–water partition coefficient (Wildman–Crippen LogP) is 3.51. The number of β-lactam (4-membered cyclic amide) rings is 1. The van der Waals surface area contributed by atoms with Gasteiger partial charge in [0.05, 0.1) is 34.0 Å². The number of aliphatic hydroxyl groups excluding tert-OH is 1. The summed E-state index contributed by atoms with van der Waals surface area (Å²) in [7, 11) is 0. The second-order valence-electron chi connectivity index (χ2n) is 13.7. The maximum Gasteiger partial charge on any atom is 0.410 e. The number of thioether (sulfide) groups is 1. The first-order valence-electron chi connectivity index (χ1n) is 17.2. The molecule has 0 bridgehead atoms. The minimum atomic E-state index is -0.952. The Morgan fingerprint density at radius 2 is 1.59 bits per heavy atom. The number of imidazole rings is 1. The highest BCUT2D eigenvalue weighted by molar-refractivity contribution is 8.03. The van der Waals surface area contributed by atoms with Crippen LogP contribution >= 0.6 is 11.8 Å². The van der Waals surface area contributed by atoms with Crippen LogP contribution in [0.1, 0.15) is 38.3 Å². The van der Waals surface area contributed by atoms with E-state index in [0.717, 1.165) is 0 Å². The fraction of sp³-hybridized carbons (Fsp3) is 0.417. The van der Waals surface area contributed by atoms with Gasteiger partial charge >= 0.3 is 12.1 Å². The second kappa shape index (κ2) is 15.8. The van der Waals surface area contributed by atoms with Crippen LogP contribution in [-0.4, -0.2) is 83.1 Å². The number of esters is 1. The third-order valence-electron chi connectivity index (χ3n) is 9.81. The van der Waals surface area contributed by atoms with E-state index in [9.17, 15) is 44.5 Å². The van der Waals surface area contributed by atoms with E-state index in [4.69, 9.17) is 9.47 Å². The summed E-state index contributed by atoms with van der Waals surface area (Å²) in [5.41, 5.74) is 0.956. The number of nitro benzene ring substituents is 2. The van der Waals surface area contributed by atoms with Crippen molar-refractivity contribution in [1.82, 2.24) is 14.4 Å². The maximum absolute atomic E-state index is 13.8. The molecule has 2 amide bonds. The minimum Gasteiger partial charge on any atom is -0.456 e. The number of carbonyl (C=O) groups excluding carboxylic acids is 4. The SMILES string of the molecule is CC(=O)C[n+]1ccn(C[C@@H]2C[C@H](SC3=C(C(=O)OCc4ccc([N+](=O)[O-])cc4)N4C(=O)[C@H]([C@@H](C)O)[C@H]4[C@H]3C)CN2C(=O)OCc2ccc([N+](=O)[O-])cc2)c1. The van der Waals surface area contributed by atoms with E-state index < -0.39 is 45.9 Å². The molecule has 18 heteroatoms. The topological polar surface area (TPSA) is 209 Å². The number of benzene rings is 2. The van der Waals surface area contributed by atoms with E-state index in [0.29, 0.717) is 29.0 Å². The van der Waals surface area contributed by atoms with E-state index in [1.54, 1.807) is 28.2 Å². The summed E-state index contributed by atoms with van der Waals surface area (Å²) in [5, 5.41) is 32.3. The molecule has 4 heterocycles. The van der Waals surface area contributed by atoms with Gasteiger partial charge in [-0.3, -0.25) is 29.8 Å². The Hall–Kier alpha value is -5.62. The van der Waals surface area contributed by atoms with E-state index in [2.05, 4.69) is 0 Å². The molecule has 0 aliphatic carbocycles. The molecule has 3 aliphatic heterocycles. The van der Waals surface area contributed by atoms with Crippen molar-refractivity contribution >= 4 is 46.9 Å². The van der Waals surface area contributed by atoms with Gasteiger partial charge in [0.15, 0.2) is 5.78 Å². The fourth-order valence-electron chi connectivity index (χ4n) is 7.22. The molecule has 0 unspecified atom stereocenters. The average Bonchev–Trinajstić information content (AvgIpc) is 3.81. The van der Waals surface area contributed by atoms with Crippen molar-refractivity contribution in [1.29, 1.82) is 0 Å². The molecule has 2 saturated heterocycles. The summed E-state index contributed by atoms with van der Waals surface area (Å²) < 4.78 is 14.9. The van der Waals surface area contributed by atoms with Gasteiger partial charge in [-0.1, -0.05) is 6.92 Å². The number of aliphatic hydroxyl groups is 1. The number of nitro groups is 2. The Balaban J connectivity index is 1.23. The molecule has 54 heavy (non-hydrogen) atoms. The van der Waals surface area contributed by atoms with Gasteiger partial charge in [0.25, 0.3) is 11.4 Å². The van der Waals surface area contributed by atoms with E-state index in [1.165, 1.54) is 79.0 Å². The molecule has 6 rings (SSSR count). The number of non-ortho nitro benzene ring substituents is 2. The lowest BCUT2D eigenvalue weighted by Gasteiger charge is -2.46. The first-order valence-corrected chi connectivity index (χ1v) is 18.1. The molecule has 2 fully saturated rings. The average molecular weight is 764 g/mol. The Labute approximate surface area is 313 Å².